The average Bonchev–Trinajstić information content (AvgIpc) is 2.34. The van der Waals surface area contributed by atoms with Crippen molar-refractivity contribution in [2.45, 2.75) is 39.3 Å². The van der Waals surface area contributed by atoms with Gasteiger partial charge in [-0.2, -0.15) is 0 Å². The maximum Gasteiger partial charge on any atom is 0.315 e. The Labute approximate surface area is 134 Å². The predicted molar refractivity (Wildman–Crippen MR) is 84.3 cm³/mol. The van der Waals surface area contributed by atoms with E-state index in [1.54, 1.807) is 6.92 Å². The smallest absolute Gasteiger partial charge is 0.315 e. The maximum absolute atomic E-state index is 13.0. The van der Waals surface area contributed by atoms with Crippen LogP contribution >= 0.6 is 11.6 Å². The first-order valence-electron chi connectivity index (χ1n) is 6.89. The molecule has 0 aliphatic heterocycles. The minimum atomic E-state index is -0.503. The van der Waals surface area contributed by atoms with Crippen LogP contribution in [-0.4, -0.2) is 24.0 Å². The molecule has 5 nitrogen and oxygen atoms in total. The highest BCUT2D eigenvalue weighted by Gasteiger charge is 2.16. The molecule has 0 bridgehead atoms. The number of halogens is 2. The third-order valence-corrected chi connectivity index (χ3v) is 3.03. The molecule has 0 saturated heterocycles. The SMILES string of the molecule is CC(NC(=O)NCC(=O)NC(C)(C)C)c1ccc(F)cc1Cl. The molecule has 0 heterocycles. The van der Waals surface area contributed by atoms with Crippen molar-refractivity contribution in [2.24, 2.45) is 0 Å². The third-order valence-electron chi connectivity index (χ3n) is 2.70. The van der Waals surface area contributed by atoms with Crippen LogP contribution < -0.4 is 16.0 Å². The van der Waals surface area contributed by atoms with E-state index >= 15 is 0 Å². The lowest BCUT2D eigenvalue weighted by Crippen LogP contribution is -2.47. The number of nitrogens with one attached hydrogen (secondary N) is 3. The number of amides is 3. The topological polar surface area (TPSA) is 70.2 Å². The monoisotopic (exact) mass is 329 g/mol. The lowest BCUT2D eigenvalue weighted by molar-refractivity contribution is -0.121. The van der Waals surface area contributed by atoms with E-state index in [-0.39, 0.29) is 23.0 Å². The van der Waals surface area contributed by atoms with Crippen LogP contribution in [0.15, 0.2) is 18.2 Å². The second kappa shape index (κ2) is 7.45. The fourth-order valence-corrected chi connectivity index (χ4v) is 2.13. The number of hydrogen-bond acceptors (Lipinski definition) is 2. The molecule has 0 aliphatic carbocycles. The van der Waals surface area contributed by atoms with E-state index in [1.165, 1.54) is 18.2 Å². The van der Waals surface area contributed by atoms with Gasteiger partial charge < -0.3 is 16.0 Å². The van der Waals surface area contributed by atoms with Gasteiger partial charge in [-0.1, -0.05) is 17.7 Å². The van der Waals surface area contributed by atoms with Gasteiger partial charge in [0, 0.05) is 10.6 Å². The van der Waals surface area contributed by atoms with E-state index in [0.29, 0.717) is 5.56 Å². The van der Waals surface area contributed by atoms with E-state index < -0.39 is 17.9 Å². The summed E-state index contributed by atoms with van der Waals surface area (Å²) in [7, 11) is 0. The van der Waals surface area contributed by atoms with Gasteiger partial charge in [-0.05, 0) is 45.4 Å². The highest BCUT2D eigenvalue weighted by atomic mass is 35.5. The van der Waals surface area contributed by atoms with E-state index in [9.17, 15) is 14.0 Å². The molecule has 0 spiro atoms. The largest absolute Gasteiger partial charge is 0.350 e. The van der Waals surface area contributed by atoms with Gasteiger partial charge in [0.15, 0.2) is 0 Å². The zero-order valence-corrected chi connectivity index (χ0v) is 13.8. The zero-order chi connectivity index (χ0) is 16.9. The van der Waals surface area contributed by atoms with Gasteiger partial charge in [0.2, 0.25) is 5.91 Å². The molecular weight excluding hydrogens is 309 g/mol. The summed E-state index contributed by atoms with van der Waals surface area (Å²) < 4.78 is 13.0. The van der Waals surface area contributed by atoms with Gasteiger partial charge in [0.05, 0.1) is 12.6 Å². The van der Waals surface area contributed by atoms with Gasteiger partial charge in [0.25, 0.3) is 0 Å². The molecule has 0 radical (unpaired) electrons. The molecule has 0 saturated carbocycles. The normalized spacial score (nSPS) is 12.5. The predicted octanol–water partition coefficient (Wildman–Crippen LogP) is 2.75. The molecule has 7 heteroatoms. The second-order valence-electron chi connectivity index (χ2n) is 6.01. The maximum atomic E-state index is 13.0. The summed E-state index contributed by atoms with van der Waals surface area (Å²) in [4.78, 5) is 23.3. The highest BCUT2D eigenvalue weighted by molar-refractivity contribution is 6.31. The van der Waals surface area contributed by atoms with Crippen molar-refractivity contribution < 1.29 is 14.0 Å². The molecule has 0 aliphatic rings. The second-order valence-corrected chi connectivity index (χ2v) is 6.42. The fraction of sp³-hybridized carbons (Fsp3) is 0.467. The van der Waals surface area contributed by atoms with Gasteiger partial charge in [-0.25, -0.2) is 9.18 Å². The summed E-state index contributed by atoms with van der Waals surface area (Å²) in [6.45, 7) is 7.14. The molecule has 1 unspecified atom stereocenters. The molecule has 122 valence electrons. The van der Waals surface area contributed by atoms with Gasteiger partial charge in [-0.15, -0.1) is 0 Å². The van der Waals surface area contributed by atoms with Crippen LogP contribution in [0, 0.1) is 5.82 Å². The first kappa shape index (κ1) is 18.2. The van der Waals surface area contributed by atoms with E-state index in [1.807, 2.05) is 20.8 Å². The molecule has 1 rings (SSSR count). The number of carbonyl (C=O) groups excluding carboxylic acids is 2. The summed E-state index contributed by atoms with van der Waals surface area (Å²) in [6, 6.07) is 3.04. The van der Waals surface area contributed by atoms with Gasteiger partial charge in [-0.3, -0.25) is 4.79 Å². The van der Waals surface area contributed by atoms with Crippen molar-refractivity contribution in [3.63, 3.8) is 0 Å². The molecule has 1 atom stereocenters. The van der Waals surface area contributed by atoms with Crippen LogP contribution in [0.3, 0.4) is 0 Å². The first-order chi connectivity index (χ1) is 10.1. The average molecular weight is 330 g/mol. The molecule has 22 heavy (non-hydrogen) atoms. The Hall–Kier alpha value is -1.82. The molecule has 0 fully saturated rings. The van der Waals surface area contributed by atoms with E-state index in [0.717, 1.165) is 0 Å². The fourth-order valence-electron chi connectivity index (χ4n) is 1.80. The summed E-state index contributed by atoms with van der Waals surface area (Å²) in [5, 5.41) is 8.06. The van der Waals surface area contributed by atoms with Crippen LogP contribution in [0.5, 0.6) is 0 Å². The molecule has 3 N–H and O–H groups in total. The summed E-state index contributed by atoms with van der Waals surface area (Å²) in [6.07, 6.45) is 0. The van der Waals surface area contributed by atoms with Crippen LogP contribution in [0.2, 0.25) is 5.02 Å². The molecule has 1 aromatic carbocycles. The number of urea groups is 1. The Balaban J connectivity index is 2.49. The number of hydrogen-bond donors (Lipinski definition) is 3. The van der Waals surface area contributed by atoms with Gasteiger partial charge >= 0.3 is 6.03 Å². The van der Waals surface area contributed by atoms with Crippen molar-refractivity contribution in [3.05, 3.63) is 34.6 Å². The van der Waals surface area contributed by atoms with Crippen molar-refractivity contribution in [3.8, 4) is 0 Å². The van der Waals surface area contributed by atoms with Crippen LogP contribution in [-0.2, 0) is 4.79 Å². The standard InChI is InChI=1S/C15H21ClFN3O2/c1-9(11-6-5-10(17)7-12(11)16)19-14(22)18-8-13(21)20-15(2,3)4/h5-7,9H,8H2,1-4H3,(H,20,21)(H2,18,19,22). The summed E-state index contributed by atoms with van der Waals surface area (Å²) >= 11 is 5.93. The Morgan fingerprint density at radius 2 is 1.95 bits per heavy atom. The lowest BCUT2D eigenvalue weighted by Gasteiger charge is -2.21. The quantitative estimate of drug-likeness (QED) is 0.795. The Morgan fingerprint density at radius 1 is 1.32 bits per heavy atom. The molecule has 0 aromatic heterocycles. The summed E-state index contributed by atoms with van der Waals surface area (Å²) in [5.41, 5.74) is 0.238. The zero-order valence-electron chi connectivity index (χ0n) is 13.1. The van der Waals surface area contributed by atoms with Crippen molar-refractivity contribution >= 4 is 23.5 Å². The van der Waals surface area contributed by atoms with Crippen molar-refractivity contribution in [1.82, 2.24) is 16.0 Å². The highest BCUT2D eigenvalue weighted by Crippen LogP contribution is 2.23. The molecular formula is C15H21ClFN3O2. The lowest BCUT2D eigenvalue weighted by atomic mass is 10.1. The Morgan fingerprint density at radius 3 is 2.50 bits per heavy atom. The Kier molecular flexibility index (Phi) is 6.17. The van der Waals surface area contributed by atoms with Crippen molar-refractivity contribution in [1.29, 1.82) is 0 Å². The Bertz CT molecular complexity index is 558. The third kappa shape index (κ3) is 6.30. The van der Waals surface area contributed by atoms with Crippen LogP contribution in [0.4, 0.5) is 9.18 Å². The first-order valence-corrected chi connectivity index (χ1v) is 7.26. The van der Waals surface area contributed by atoms with Gasteiger partial charge in [0.1, 0.15) is 5.82 Å². The minimum absolute atomic E-state index is 0.132. The van der Waals surface area contributed by atoms with E-state index in [2.05, 4.69) is 16.0 Å². The minimum Gasteiger partial charge on any atom is -0.350 e. The number of carbonyl (C=O) groups is 2. The van der Waals surface area contributed by atoms with Crippen LogP contribution in [0.1, 0.15) is 39.3 Å². The molecule has 3 amide bonds. The number of rotatable bonds is 4. The number of benzene rings is 1. The molecule has 1 aromatic rings. The van der Waals surface area contributed by atoms with Crippen LogP contribution in [0.25, 0.3) is 0 Å². The summed E-state index contributed by atoms with van der Waals surface area (Å²) in [5.74, 6) is -0.723. The van der Waals surface area contributed by atoms with E-state index in [4.69, 9.17) is 11.6 Å². The van der Waals surface area contributed by atoms with Crippen molar-refractivity contribution in [2.75, 3.05) is 6.54 Å².